The molecule has 0 aliphatic heterocycles. The molecule has 0 aliphatic rings. The van der Waals surface area contributed by atoms with Gasteiger partial charge in [0.1, 0.15) is 0 Å². The third-order valence-corrected chi connectivity index (χ3v) is 4.72. The number of aryl methyl sites for hydroxylation is 2. The molecule has 2 aromatic carbocycles. The zero-order valence-corrected chi connectivity index (χ0v) is 16.8. The first-order chi connectivity index (χ1) is 13.5. The molecular weight excluding hydrogens is 348 g/mol. The first-order valence-electron chi connectivity index (χ1n) is 9.57. The van der Waals surface area contributed by atoms with E-state index in [4.69, 9.17) is 0 Å². The van der Waals surface area contributed by atoms with Crippen LogP contribution in [0.2, 0.25) is 0 Å². The maximum absolute atomic E-state index is 12.5. The number of nitrogens with zero attached hydrogens (tertiary/aromatic N) is 2. The highest BCUT2D eigenvalue weighted by molar-refractivity contribution is 6.04. The van der Waals surface area contributed by atoms with Gasteiger partial charge in [-0.05, 0) is 42.0 Å². The van der Waals surface area contributed by atoms with Crippen molar-refractivity contribution in [3.63, 3.8) is 0 Å². The Morgan fingerprint density at radius 1 is 1.04 bits per heavy atom. The molecule has 0 saturated heterocycles. The molecule has 1 aromatic heterocycles. The van der Waals surface area contributed by atoms with Crippen molar-refractivity contribution >= 4 is 23.2 Å². The number of anilines is 3. The van der Waals surface area contributed by atoms with Crippen molar-refractivity contribution in [3.05, 3.63) is 77.1 Å². The van der Waals surface area contributed by atoms with E-state index in [1.807, 2.05) is 24.3 Å². The van der Waals surface area contributed by atoms with Gasteiger partial charge in [-0.25, -0.2) is 9.97 Å². The van der Waals surface area contributed by atoms with E-state index in [0.29, 0.717) is 17.4 Å². The third-order valence-electron chi connectivity index (χ3n) is 4.72. The van der Waals surface area contributed by atoms with Crippen molar-refractivity contribution in [2.75, 3.05) is 10.6 Å². The van der Waals surface area contributed by atoms with Gasteiger partial charge < -0.3 is 10.6 Å². The molecule has 5 heteroatoms. The highest BCUT2D eigenvalue weighted by Crippen LogP contribution is 2.29. The molecule has 5 nitrogen and oxygen atoms in total. The van der Waals surface area contributed by atoms with Crippen LogP contribution in [0.15, 0.2) is 54.9 Å². The normalized spacial score (nSPS) is 10.8. The Kier molecular flexibility index (Phi) is 6.04. The van der Waals surface area contributed by atoms with Gasteiger partial charge in [-0.3, -0.25) is 4.79 Å². The minimum Gasteiger partial charge on any atom is -0.324 e. The molecule has 0 atom stereocenters. The van der Waals surface area contributed by atoms with E-state index in [1.165, 1.54) is 5.56 Å². The van der Waals surface area contributed by atoms with Gasteiger partial charge in [0.05, 0.1) is 5.56 Å². The van der Waals surface area contributed by atoms with Crippen LogP contribution in [0.1, 0.15) is 53.7 Å². The van der Waals surface area contributed by atoms with Crippen LogP contribution in [0.3, 0.4) is 0 Å². The van der Waals surface area contributed by atoms with Crippen LogP contribution in [0, 0.1) is 6.92 Å². The third kappa shape index (κ3) is 4.36. The van der Waals surface area contributed by atoms with Gasteiger partial charge in [0, 0.05) is 23.8 Å². The molecule has 0 unspecified atom stereocenters. The largest absolute Gasteiger partial charge is 0.324 e. The molecule has 3 rings (SSSR count). The van der Waals surface area contributed by atoms with E-state index in [2.05, 4.69) is 66.5 Å². The van der Waals surface area contributed by atoms with Crippen LogP contribution in [-0.2, 0) is 6.42 Å². The van der Waals surface area contributed by atoms with Crippen molar-refractivity contribution < 1.29 is 4.79 Å². The highest BCUT2D eigenvalue weighted by Gasteiger charge is 2.12. The van der Waals surface area contributed by atoms with Crippen molar-refractivity contribution in [3.8, 4) is 0 Å². The fourth-order valence-corrected chi connectivity index (χ4v) is 3.11. The van der Waals surface area contributed by atoms with Crippen molar-refractivity contribution in [1.82, 2.24) is 9.97 Å². The van der Waals surface area contributed by atoms with Crippen molar-refractivity contribution in [2.45, 2.75) is 40.0 Å². The Morgan fingerprint density at radius 3 is 2.43 bits per heavy atom. The van der Waals surface area contributed by atoms with E-state index >= 15 is 0 Å². The van der Waals surface area contributed by atoms with Crippen LogP contribution in [-0.4, -0.2) is 15.9 Å². The minimum absolute atomic E-state index is 0.216. The molecule has 0 aliphatic carbocycles. The zero-order chi connectivity index (χ0) is 20.1. The number of aromatic nitrogens is 2. The van der Waals surface area contributed by atoms with Crippen LogP contribution in [0.25, 0.3) is 0 Å². The molecule has 0 radical (unpaired) electrons. The molecule has 144 valence electrons. The first-order valence-corrected chi connectivity index (χ1v) is 9.57. The number of amides is 1. The van der Waals surface area contributed by atoms with Crippen LogP contribution in [0.5, 0.6) is 0 Å². The maximum Gasteiger partial charge on any atom is 0.258 e. The summed E-state index contributed by atoms with van der Waals surface area (Å²) in [6, 6.07) is 14.0. The molecule has 28 heavy (non-hydrogen) atoms. The molecule has 3 aromatic rings. The van der Waals surface area contributed by atoms with E-state index < -0.39 is 0 Å². The summed E-state index contributed by atoms with van der Waals surface area (Å²) >= 11 is 0. The number of hydrogen-bond donors (Lipinski definition) is 2. The van der Waals surface area contributed by atoms with Gasteiger partial charge in [0.25, 0.3) is 5.91 Å². The SMILES string of the molecule is CCc1ccccc1NC(=O)c1cnc(Nc2c(C)cccc2C(C)C)nc1. The number of carbonyl (C=O) groups is 1. The summed E-state index contributed by atoms with van der Waals surface area (Å²) in [5.74, 6) is 0.638. The predicted octanol–water partition coefficient (Wildman–Crippen LogP) is 5.47. The first kappa shape index (κ1) is 19.5. The second kappa shape index (κ2) is 8.65. The summed E-state index contributed by atoms with van der Waals surface area (Å²) in [5, 5.41) is 6.24. The number of nitrogens with one attached hydrogen (secondary N) is 2. The quantitative estimate of drug-likeness (QED) is 0.601. The maximum atomic E-state index is 12.5. The molecule has 0 spiro atoms. The Bertz CT molecular complexity index is 965. The summed E-state index contributed by atoms with van der Waals surface area (Å²) in [5.41, 5.74) is 5.70. The fourth-order valence-electron chi connectivity index (χ4n) is 3.11. The smallest absolute Gasteiger partial charge is 0.258 e. The summed E-state index contributed by atoms with van der Waals surface area (Å²) in [6.07, 6.45) is 3.95. The molecule has 0 saturated carbocycles. The molecule has 1 amide bonds. The predicted molar refractivity (Wildman–Crippen MR) is 114 cm³/mol. The number of para-hydroxylation sites is 2. The standard InChI is InChI=1S/C23H26N4O/c1-5-17-10-6-7-12-20(17)26-22(28)18-13-24-23(25-14-18)27-21-16(4)9-8-11-19(21)15(2)3/h6-15H,5H2,1-4H3,(H,26,28)(H,24,25,27). The van der Waals surface area contributed by atoms with Crippen LogP contribution in [0.4, 0.5) is 17.3 Å². The Hall–Kier alpha value is -3.21. The molecular formula is C23H26N4O. The molecule has 1 heterocycles. The van der Waals surface area contributed by atoms with Gasteiger partial charge in [-0.15, -0.1) is 0 Å². The lowest BCUT2D eigenvalue weighted by molar-refractivity contribution is 0.102. The number of hydrogen-bond acceptors (Lipinski definition) is 4. The zero-order valence-electron chi connectivity index (χ0n) is 16.8. The van der Waals surface area contributed by atoms with Crippen molar-refractivity contribution in [2.24, 2.45) is 0 Å². The lowest BCUT2D eigenvalue weighted by Gasteiger charge is -2.16. The average Bonchev–Trinajstić information content (AvgIpc) is 2.70. The molecule has 2 N–H and O–H groups in total. The van der Waals surface area contributed by atoms with E-state index in [-0.39, 0.29) is 5.91 Å². The topological polar surface area (TPSA) is 66.9 Å². The van der Waals surface area contributed by atoms with Gasteiger partial charge in [-0.1, -0.05) is 57.2 Å². The second-order valence-corrected chi connectivity index (χ2v) is 7.08. The van der Waals surface area contributed by atoms with Gasteiger partial charge in [-0.2, -0.15) is 0 Å². The minimum atomic E-state index is -0.216. The van der Waals surface area contributed by atoms with E-state index in [9.17, 15) is 4.79 Å². The lowest BCUT2D eigenvalue weighted by atomic mass is 9.98. The Labute approximate surface area is 166 Å². The van der Waals surface area contributed by atoms with Gasteiger partial charge >= 0.3 is 0 Å². The second-order valence-electron chi connectivity index (χ2n) is 7.08. The number of benzene rings is 2. The van der Waals surface area contributed by atoms with Crippen molar-refractivity contribution in [1.29, 1.82) is 0 Å². The summed E-state index contributed by atoms with van der Waals surface area (Å²) in [6.45, 7) is 8.43. The summed E-state index contributed by atoms with van der Waals surface area (Å²) < 4.78 is 0. The fraction of sp³-hybridized carbons (Fsp3) is 0.261. The average molecular weight is 374 g/mol. The van der Waals surface area contributed by atoms with Crippen LogP contribution >= 0.6 is 0 Å². The summed E-state index contributed by atoms with van der Waals surface area (Å²) in [7, 11) is 0. The highest BCUT2D eigenvalue weighted by atomic mass is 16.1. The van der Waals surface area contributed by atoms with Gasteiger partial charge in [0.15, 0.2) is 0 Å². The number of rotatable bonds is 6. The monoisotopic (exact) mass is 374 g/mol. The lowest BCUT2D eigenvalue weighted by Crippen LogP contribution is -2.14. The van der Waals surface area contributed by atoms with E-state index in [0.717, 1.165) is 28.9 Å². The summed E-state index contributed by atoms with van der Waals surface area (Å²) in [4.78, 5) is 21.2. The van der Waals surface area contributed by atoms with Crippen LogP contribution < -0.4 is 10.6 Å². The Balaban J connectivity index is 1.76. The van der Waals surface area contributed by atoms with Gasteiger partial charge in [0.2, 0.25) is 5.95 Å². The molecule has 0 bridgehead atoms. The van der Waals surface area contributed by atoms with E-state index in [1.54, 1.807) is 12.4 Å². The molecule has 0 fully saturated rings. The Morgan fingerprint density at radius 2 is 1.75 bits per heavy atom. The number of carbonyl (C=O) groups excluding carboxylic acids is 1.